The van der Waals surface area contributed by atoms with Crippen LogP contribution in [-0.4, -0.2) is 43.9 Å². The number of likely N-dealkylation sites (tertiary alicyclic amines) is 1. The Labute approximate surface area is 157 Å². The molecule has 3 rings (SSSR count). The zero-order valence-corrected chi connectivity index (χ0v) is 16.2. The van der Waals surface area contributed by atoms with Gasteiger partial charge in [-0.25, -0.2) is 0 Å². The second kappa shape index (κ2) is 8.23. The molecule has 1 atom stereocenters. The molecule has 134 valence electrons. The van der Waals surface area contributed by atoms with Gasteiger partial charge >= 0.3 is 0 Å². The number of rotatable bonds is 5. The van der Waals surface area contributed by atoms with Crippen molar-refractivity contribution in [1.29, 1.82) is 0 Å². The molecule has 0 N–H and O–H groups in total. The highest BCUT2D eigenvalue weighted by molar-refractivity contribution is 7.99. The van der Waals surface area contributed by atoms with Crippen LogP contribution < -0.4 is 0 Å². The van der Waals surface area contributed by atoms with Crippen molar-refractivity contribution >= 4 is 29.3 Å². The van der Waals surface area contributed by atoms with Crippen LogP contribution in [0, 0.1) is 0 Å². The zero-order valence-electron chi connectivity index (χ0n) is 14.6. The molecule has 0 radical (unpaired) electrons. The van der Waals surface area contributed by atoms with Gasteiger partial charge in [0, 0.05) is 25.2 Å². The lowest BCUT2D eigenvalue weighted by molar-refractivity contribution is -0.132. The van der Waals surface area contributed by atoms with E-state index in [4.69, 9.17) is 11.6 Å². The van der Waals surface area contributed by atoms with Crippen LogP contribution in [0.15, 0.2) is 29.4 Å². The van der Waals surface area contributed by atoms with Gasteiger partial charge in [0.25, 0.3) is 0 Å². The minimum absolute atomic E-state index is 0.193. The summed E-state index contributed by atoms with van der Waals surface area (Å²) in [5.74, 6) is 1.30. The molecule has 1 amide bonds. The number of piperidine rings is 1. The molecule has 0 spiro atoms. The van der Waals surface area contributed by atoms with E-state index >= 15 is 0 Å². The van der Waals surface area contributed by atoms with E-state index in [1.54, 1.807) is 0 Å². The standard InChI is InChI=1S/C18H23ClN4OS/c1-3-13-8-6-7-11-23(13)16(24)12-25-18-21-20-17(22(18)2)14-9-4-5-10-15(14)19/h4-5,9-10,13H,3,6-8,11-12H2,1-2H3/t13-/m1/s1. The monoisotopic (exact) mass is 378 g/mol. The highest BCUT2D eigenvalue weighted by Crippen LogP contribution is 2.28. The van der Waals surface area contributed by atoms with Crippen molar-refractivity contribution in [2.24, 2.45) is 7.05 Å². The van der Waals surface area contributed by atoms with Gasteiger partial charge in [0.2, 0.25) is 5.91 Å². The maximum absolute atomic E-state index is 12.6. The van der Waals surface area contributed by atoms with E-state index < -0.39 is 0 Å². The number of aromatic nitrogens is 3. The third-order valence-electron chi connectivity index (χ3n) is 4.69. The van der Waals surface area contributed by atoms with Crippen molar-refractivity contribution in [3.63, 3.8) is 0 Å². The number of benzene rings is 1. The summed E-state index contributed by atoms with van der Waals surface area (Å²) in [7, 11) is 1.90. The van der Waals surface area contributed by atoms with Gasteiger partial charge in [0.1, 0.15) is 0 Å². The molecule has 2 heterocycles. The lowest BCUT2D eigenvalue weighted by Crippen LogP contribution is -2.44. The Morgan fingerprint density at radius 1 is 1.32 bits per heavy atom. The Hall–Kier alpha value is -1.53. The predicted octanol–water partition coefficient (Wildman–Crippen LogP) is 4.02. The summed E-state index contributed by atoms with van der Waals surface area (Å²) in [5, 5.41) is 9.86. The first-order valence-electron chi connectivity index (χ1n) is 8.68. The molecule has 25 heavy (non-hydrogen) atoms. The molecule has 1 fully saturated rings. The van der Waals surface area contributed by atoms with E-state index in [1.165, 1.54) is 18.2 Å². The topological polar surface area (TPSA) is 51.0 Å². The molecule has 0 saturated carbocycles. The van der Waals surface area contributed by atoms with Crippen LogP contribution in [0.5, 0.6) is 0 Å². The highest BCUT2D eigenvalue weighted by atomic mass is 35.5. The second-order valence-electron chi connectivity index (χ2n) is 6.28. The molecule has 1 aromatic carbocycles. The van der Waals surface area contributed by atoms with E-state index in [9.17, 15) is 4.79 Å². The Bertz CT molecular complexity index is 748. The molecule has 0 aliphatic carbocycles. The Kier molecular flexibility index (Phi) is 6.02. The summed E-state index contributed by atoms with van der Waals surface area (Å²) >= 11 is 7.69. The fraction of sp³-hybridized carbons (Fsp3) is 0.500. The van der Waals surface area contributed by atoms with Gasteiger partial charge in [-0.15, -0.1) is 10.2 Å². The van der Waals surface area contributed by atoms with Gasteiger partial charge in [0.15, 0.2) is 11.0 Å². The molecule has 7 heteroatoms. The van der Waals surface area contributed by atoms with E-state index in [1.807, 2.05) is 40.8 Å². The molecule has 1 aliphatic heterocycles. The van der Waals surface area contributed by atoms with Crippen molar-refractivity contribution in [3.8, 4) is 11.4 Å². The first-order valence-corrected chi connectivity index (χ1v) is 10.0. The summed E-state index contributed by atoms with van der Waals surface area (Å²) in [5.41, 5.74) is 0.847. The molecular formula is C18H23ClN4OS. The molecule has 1 aliphatic rings. The molecule has 1 aromatic heterocycles. The Morgan fingerprint density at radius 3 is 2.88 bits per heavy atom. The summed E-state index contributed by atoms with van der Waals surface area (Å²) < 4.78 is 1.90. The van der Waals surface area contributed by atoms with Crippen molar-refractivity contribution in [3.05, 3.63) is 29.3 Å². The highest BCUT2D eigenvalue weighted by Gasteiger charge is 2.25. The van der Waals surface area contributed by atoms with Crippen molar-refractivity contribution in [1.82, 2.24) is 19.7 Å². The average molecular weight is 379 g/mol. The van der Waals surface area contributed by atoms with Gasteiger partial charge in [-0.3, -0.25) is 4.79 Å². The molecule has 0 unspecified atom stereocenters. The van der Waals surface area contributed by atoms with Crippen LogP contribution in [0.1, 0.15) is 32.6 Å². The number of amides is 1. The van der Waals surface area contributed by atoms with Gasteiger partial charge in [-0.1, -0.05) is 42.4 Å². The van der Waals surface area contributed by atoms with E-state index in [2.05, 4.69) is 17.1 Å². The summed E-state index contributed by atoms with van der Waals surface area (Å²) in [6.45, 7) is 3.03. The van der Waals surface area contributed by atoms with Crippen LogP contribution in [-0.2, 0) is 11.8 Å². The van der Waals surface area contributed by atoms with Crippen LogP contribution >= 0.6 is 23.4 Å². The van der Waals surface area contributed by atoms with E-state index in [-0.39, 0.29) is 5.91 Å². The Balaban J connectivity index is 1.68. The zero-order chi connectivity index (χ0) is 17.8. The van der Waals surface area contributed by atoms with Crippen molar-refractivity contribution in [2.75, 3.05) is 12.3 Å². The van der Waals surface area contributed by atoms with Gasteiger partial charge in [-0.2, -0.15) is 0 Å². The van der Waals surface area contributed by atoms with Crippen LogP contribution in [0.25, 0.3) is 11.4 Å². The predicted molar refractivity (Wildman–Crippen MR) is 102 cm³/mol. The molecule has 0 bridgehead atoms. The van der Waals surface area contributed by atoms with E-state index in [0.29, 0.717) is 22.6 Å². The molecular weight excluding hydrogens is 356 g/mol. The first kappa shape index (κ1) is 18.3. The van der Waals surface area contributed by atoms with Gasteiger partial charge in [0.05, 0.1) is 10.8 Å². The lowest BCUT2D eigenvalue weighted by atomic mass is 10.0. The van der Waals surface area contributed by atoms with Crippen molar-refractivity contribution < 1.29 is 4.79 Å². The quantitative estimate of drug-likeness (QED) is 0.737. The first-order chi connectivity index (χ1) is 12.1. The number of hydrogen-bond donors (Lipinski definition) is 0. The maximum atomic E-state index is 12.6. The third kappa shape index (κ3) is 4.01. The average Bonchev–Trinajstić information content (AvgIpc) is 3.00. The SMILES string of the molecule is CC[C@@H]1CCCCN1C(=O)CSc1nnc(-c2ccccc2Cl)n1C. The van der Waals surface area contributed by atoms with Crippen LogP contribution in [0.2, 0.25) is 5.02 Å². The fourth-order valence-electron chi connectivity index (χ4n) is 3.28. The number of nitrogens with zero attached hydrogens (tertiary/aromatic N) is 4. The summed E-state index contributed by atoms with van der Waals surface area (Å²) in [6.07, 6.45) is 4.47. The number of halogens is 1. The smallest absolute Gasteiger partial charge is 0.233 e. The largest absolute Gasteiger partial charge is 0.339 e. The molecule has 5 nitrogen and oxygen atoms in total. The van der Waals surface area contributed by atoms with Crippen LogP contribution in [0.4, 0.5) is 0 Å². The molecule has 1 saturated heterocycles. The summed E-state index contributed by atoms with van der Waals surface area (Å²) in [4.78, 5) is 14.7. The van der Waals surface area contributed by atoms with Gasteiger partial charge < -0.3 is 9.47 Å². The van der Waals surface area contributed by atoms with Crippen LogP contribution in [0.3, 0.4) is 0 Å². The number of thioether (sulfide) groups is 1. The Morgan fingerprint density at radius 2 is 2.12 bits per heavy atom. The number of carbonyl (C=O) groups excluding carboxylic acids is 1. The fourth-order valence-corrected chi connectivity index (χ4v) is 4.30. The second-order valence-corrected chi connectivity index (χ2v) is 7.63. The molecule has 2 aromatic rings. The minimum Gasteiger partial charge on any atom is -0.339 e. The number of hydrogen-bond acceptors (Lipinski definition) is 4. The summed E-state index contributed by atoms with van der Waals surface area (Å²) in [6, 6.07) is 7.96. The minimum atomic E-state index is 0.193. The maximum Gasteiger partial charge on any atom is 0.233 e. The van der Waals surface area contributed by atoms with Crippen molar-refractivity contribution in [2.45, 2.75) is 43.8 Å². The lowest BCUT2D eigenvalue weighted by Gasteiger charge is -2.35. The van der Waals surface area contributed by atoms with E-state index in [0.717, 1.165) is 36.5 Å². The number of carbonyl (C=O) groups is 1. The van der Waals surface area contributed by atoms with Gasteiger partial charge in [-0.05, 0) is 37.8 Å². The third-order valence-corrected chi connectivity index (χ3v) is 6.03. The normalized spacial score (nSPS) is 17.7.